The van der Waals surface area contributed by atoms with E-state index in [-0.39, 0.29) is 0 Å². The zero-order valence-electron chi connectivity index (χ0n) is 14.0. The van der Waals surface area contributed by atoms with E-state index < -0.39 is 0 Å². The molecule has 6 nitrogen and oxygen atoms in total. The molecule has 0 amide bonds. The van der Waals surface area contributed by atoms with Crippen molar-refractivity contribution in [3.63, 3.8) is 0 Å². The highest BCUT2D eigenvalue weighted by Crippen LogP contribution is 2.31. The zero-order chi connectivity index (χ0) is 18.2. The molecule has 0 fully saturated rings. The third kappa shape index (κ3) is 2.76. The number of hydrogen-bond acceptors (Lipinski definition) is 5. The summed E-state index contributed by atoms with van der Waals surface area (Å²) in [5, 5.41) is 13.1. The van der Waals surface area contributed by atoms with Gasteiger partial charge in [0, 0.05) is 17.1 Å². The number of hydrogen-bond donors (Lipinski definition) is 2. The van der Waals surface area contributed by atoms with Crippen LogP contribution in [0.25, 0.3) is 33.3 Å². The van der Waals surface area contributed by atoms with Gasteiger partial charge in [-0.1, -0.05) is 35.9 Å². The van der Waals surface area contributed by atoms with Gasteiger partial charge in [0.25, 0.3) is 0 Å². The first kappa shape index (κ1) is 15.7. The number of H-pyrrole nitrogens is 1. The number of benzene rings is 2. The molecule has 0 saturated carbocycles. The SMILES string of the molecule is Clc1ccccc1-c1nc(Nc2n[nH]c3ccccc23)c2cccnc2n1. The van der Waals surface area contributed by atoms with E-state index in [1.54, 1.807) is 6.20 Å². The average Bonchev–Trinajstić information content (AvgIpc) is 3.11. The van der Waals surface area contributed by atoms with E-state index in [1.165, 1.54) is 0 Å². The third-order valence-electron chi connectivity index (χ3n) is 4.29. The predicted molar refractivity (Wildman–Crippen MR) is 107 cm³/mol. The maximum absolute atomic E-state index is 6.34. The summed E-state index contributed by atoms with van der Waals surface area (Å²) in [5.41, 5.74) is 2.29. The van der Waals surface area contributed by atoms with E-state index in [0.717, 1.165) is 21.9 Å². The smallest absolute Gasteiger partial charge is 0.165 e. The number of aromatic nitrogens is 5. The van der Waals surface area contributed by atoms with Gasteiger partial charge < -0.3 is 5.32 Å². The second kappa shape index (κ2) is 6.34. The van der Waals surface area contributed by atoms with Crippen molar-refractivity contribution < 1.29 is 0 Å². The lowest BCUT2D eigenvalue weighted by molar-refractivity contribution is 1.11. The van der Waals surface area contributed by atoms with Crippen LogP contribution in [0.15, 0.2) is 66.9 Å². The maximum atomic E-state index is 6.34. The van der Waals surface area contributed by atoms with Crippen molar-refractivity contribution in [1.29, 1.82) is 0 Å². The van der Waals surface area contributed by atoms with Gasteiger partial charge in [0.15, 0.2) is 17.3 Å². The summed E-state index contributed by atoms with van der Waals surface area (Å²) in [6.07, 6.45) is 1.71. The van der Waals surface area contributed by atoms with Crippen molar-refractivity contribution in [1.82, 2.24) is 25.1 Å². The number of anilines is 2. The molecule has 3 heterocycles. The van der Waals surface area contributed by atoms with Gasteiger partial charge in [0.05, 0.1) is 15.9 Å². The average molecular weight is 373 g/mol. The van der Waals surface area contributed by atoms with E-state index in [0.29, 0.717) is 28.1 Å². The van der Waals surface area contributed by atoms with Crippen LogP contribution in [0.5, 0.6) is 0 Å². The van der Waals surface area contributed by atoms with Gasteiger partial charge in [-0.15, -0.1) is 0 Å². The molecule has 27 heavy (non-hydrogen) atoms. The van der Waals surface area contributed by atoms with Crippen LogP contribution in [0, 0.1) is 0 Å². The second-order valence-corrected chi connectivity index (χ2v) is 6.40. The zero-order valence-corrected chi connectivity index (χ0v) is 14.8. The lowest BCUT2D eigenvalue weighted by Crippen LogP contribution is -2.01. The minimum Gasteiger partial charge on any atom is -0.322 e. The number of nitrogens with one attached hydrogen (secondary N) is 2. The lowest BCUT2D eigenvalue weighted by Gasteiger charge is -2.10. The fraction of sp³-hybridized carbons (Fsp3) is 0. The molecule has 0 aliphatic rings. The summed E-state index contributed by atoms with van der Waals surface area (Å²) in [4.78, 5) is 13.7. The molecule has 0 radical (unpaired) electrons. The van der Waals surface area contributed by atoms with Crippen LogP contribution in [-0.4, -0.2) is 25.1 Å². The Morgan fingerprint density at radius 3 is 2.56 bits per heavy atom. The highest BCUT2D eigenvalue weighted by molar-refractivity contribution is 6.33. The number of aromatic amines is 1. The first-order valence-corrected chi connectivity index (χ1v) is 8.75. The first-order chi connectivity index (χ1) is 13.3. The molecule has 0 atom stereocenters. The van der Waals surface area contributed by atoms with Crippen molar-refractivity contribution in [3.8, 4) is 11.4 Å². The molecule has 3 aromatic heterocycles. The lowest BCUT2D eigenvalue weighted by atomic mass is 10.2. The highest BCUT2D eigenvalue weighted by atomic mass is 35.5. The summed E-state index contributed by atoms with van der Waals surface area (Å²) in [6.45, 7) is 0. The van der Waals surface area contributed by atoms with E-state index in [9.17, 15) is 0 Å². The highest BCUT2D eigenvalue weighted by Gasteiger charge is 2.14. The molecule has 0 saturated heterocycles. The normalized spacial score (nSPS) is 11.1. The van der Waals surface area contributed by atoms with Crippen molar-refractivity contribution in [2.75, 3.05) is 5.32 Å². The van der Waals surface area contributed by atoms with Crippen molar-refractivity contribution in [3.05, 3.63) is 71.9 Å². The van der Waals surface area contributed by atoms with Gasteiger partial charge in [-0.2, -0.15) is 5.10 Å². The molecule has 0 unspecified atom stereocenters. The minimum atomic E-state index is 0.508. The quantitative estimate of drug-likeness (QED) is 0.467. The molecule has 130 valence electrons. The first-order valence-electron chi connectivity index (χ1n) is 8.37. The number of fused-ring (bicyclic) bond motifs is 2. The number of rotatable bonds is 3. The predicted octanol–water partition coefficient (Wildman–Crippen LogP) is 4.97. The molecule has 0 aliphatic heterocycles. The number of nitrogens with zero attached hydrogens (tertiary/aromatic N) is 4. The van der Waals surface area contributed by atoms with Crippen molar-refractivity contribution in [2.45, 2.75) is 0 Å². The van der Waals surface area contributed by atoms with Gasteiger partial charge in [0.1, 0.15) is 5.82 Å². The molecule has 0 spiro atoms. The topological polar surface area (TPSA) is 79.4 Å². The molecule has 5 rings (SSSR count). The Labute approximate surface area is 159 Å². The Morgan fingerprint density at radius 1 is 0.815 bits per heavy atom. The standard InChI is InChI=1S/C20H13ClN6/c21-15-9-3-1-6-12(15)18-23-17-14(8-5-11-22-17)19(24-18)25-20-13-7-2-4-10-16(13)26-27-20/h1-11H,(H2,22,23,24,25,26,27). The van der Waals surface area contributed by atoms with Gasteiger partial charge in [-0.3, -0.25) is 5.10 Å². The van der Waals surface area contributed by atoms with E-state index in [4.69, 9.17) is 16.6 Å². The Bertz CT molecular complexity index is 1280. The van der Waals surface area contributed by atoms with Gasteiger partial charge in [-0.25, -0.2) is 15.0 Å². The van der Waals surface area contributed by atoms with Crippen LogP contribution in [0.1, 0.15) is 0 Å². The summed E-state index contributed by atoms with van der Waals surface area (Å²) in [5.74, 6) is 1.83. The number of para-hydroxylation sites is 1. The van der Waals surface area contributed by atoms with Gasteiger partial charge >= 0.3 is 0 Å². The van der Waals surface area contributed by atoms with Crippen LogP contribution >= 0.6 is 11.6 Å². The number of pyridine rings is 1. The van der Waals surface area contributed by atoms with Crippen molar-refractivity contribution in [2.24, 2.45) is 0 Å². The summed E-state index contributed by atoms with van der Waals surface area (Å²) in [6, 6.07) is 19.2. The molecular weight excluding hydrogens is 360 g/mol. The summed E-state index contributed by atoms with van der Waals surface area (Å²) >= 11 is 6.34. The molecule has 2 aromatic carbocycles. The molecule has 2 N–H and O–H groups in total. The van der Waals surface area contributed by atoms with Gasteiger partial charge in [-0.05, 0) is 36.4 Å². The van der Waals surface area contributed by atoms with E-state index in [2.05, 4.69) is 25.5 Å². The Kier molecular flexibility index (Phi) is 3.69. The minimum absolute atomic E-state index is 0.508. The molecule has 0 aliphatic carbocycles. The third-order valence-corrected chi connectivity index (χ3v) is 4.62. The fourth-order valence-electron chi connectivity index (χ4n) is 2.99. The molecule has 0 bridgehead atoms. The van der Waals surface area contributed by atoms with Crippen molar-refractivity contribution >= 4 is 45.2 Å². The van der Waals surface area contributed by atoms with Crippen LogP contribution in [0.3, 0.4) is 0 Å². The summed E-state index contributed by atoms with van der Waals surface area (Å²) in [7, 11) is 0. The Morgan fingerprint density at radius 2 is 1.63 bits per heavy atom. The van der Waals surface area contributed by atoms with Crippen LogP contribution in [0.4, 0.5) is 11.6 Å². The summed E-state index contributed by atoms with van der Waals surface area (Å²) < 4.78 is 0. The molecule has 5 aromatic rings. The molecule has 7 heteroatoms. The van der Waals surface area contributed by atoms with Gasteiger partial charge in [0.2, 0.25) is 0 Å². The van der Waals surface area contributed by atoms with Crippen LogP contribution in [0.2, 0.25) is 5.02 Å². The Balaban J connectivity index is 1.70. The van der Waals surface area contributed by atoms with Crippen LogP contribution in [-0.2, 0) is 0 Å². The molecular formula is C20H13ClN6. The number of halogens is 1. The second-order valence-electron chi connectivity index (χ2n) is 5.99. The monoisotopic (exact) mass is 372 g/mol. The Hall–Kier alpha value is -3.51. The fourth-order valence-corrected chi connectivity index (χ4v) is 3.21. The van der Waals surface area contributed by atoms with E-state index >= 15 is 0 Å². The van der Waals surface area contributed by atoms with E-state index in [1.807, 2.05) is 60.7 Å². The largest absolute Gasteiger partial charge is 0.322 e. The van der Waals surface area contributed by atoms with Crippen LogP contribution < -0.4 is 5.32 Å². The maximum Gasteiger partial charge on any atom is 0.165 e.